The van der Waals surface area contributed by atoms with Crippen molar-refractivity contribution in [3.05, 3.63) is 68.1 Å². The minimum Gasteiger partial charge on any atom is -0.487 e. The average molecular weight is 478 g/mol. The summed E-state index contributed by atoms with van der Waals surface area (Å²) < 4.78 is 7.35. The summed E-state index contributed by atoms with van der Waals surface area (Å²) in [6.45, 7) is 4.13. The molecule has 2 aromatic carbocycles. The summed E-state index contributed by atoms with van der Waals surface area (Å²) in [4.78, 5) is 12.0. The molecule has 0 aromatic heterocycles. The molecule has 0 atom stereocenters. The third-order valence-corrected chi connectivity index (χ3v) is 4.52. The first kappa shape index (κ1) is 20.2. The van der Waals surface area contributed by atoms with Gasteiger partial charge in [0.05, 0.1) is 8.95 Å². The summed E-state index contributed by atoms with van der Waals surface area (Å²) >= 11 is 6.99. The molecular weight excluding hydrogens is 460 g/mol. The standard InChI is InChI=1S/C20H18Br2N2O2/c1-13(2)24-20(25)16(11-23)8-15-9-17(21)19(18(22)10-15)26-12-14-6-4-3-5-7-14/h3-10,13H,12H2,1-2H3,(H,24,25)/b16-8-. The zero-order chi connectivity index (χ0) is 19.1. The summed E-state index contributed by atoms with van der Waals surface area (Å²) in [5.74, 6) is 0.273. The summed E-state index contributed by atoms with van der Waals surface area (Å²) in [5, 5.41) is 12.0. The Morgan fingerprint density at radius 1 is 1.23 bits per heavy atom. The van der Waals surface area contributed by atoms with Crippen LogP contribution in [0, 0.1) is 11.3 Å². The van der Waals surface area contributed by atoms with Gasteiger partial charge in [0.25, 0.3) is 5.91 Å². The Kier molecular flexibility index (Phi) is 7.43. The highest BCUT2D eigenvalue weighted by Crippen LogP contribution is 2.36. The number of hydrogen-bond donors (Lipinski definition) is 1. The molecule has 0 radical (unpaired) electrons. The molecule has 0 saturated carbocycles. The largest absolute Gasteiger partial charge is 0.487 e. The van der Waals surface area contributed by atoms with Gasteiger partial charge >= 0.3 is 0 Å². The predicted octanol–water partition coefficient (Wildman–Crippen LogP) is 5.22. The molecule has 2 rings (SSSR count). The van der Waals surface area contributed by atoms with Gasteiger partial charge in [-0.3, -0.25) is 4.79 Å². The number of carbonyl (C=O) groups excluding carboxylic acids is 1. The molecular formula is C20H18Br2N2O2. The zero-order valence-electron chi connectivity index (χ0n) is 14.4. The van der Waals surface area contributed by atoms with Gasteiger partial charge in [-0.15, -0.1) is 0 Å². The van der Waals surface area contributed by atoms with Crippen molar-refractivity contribution in [2.24, 2.45) is 0 Å². The zero-order valence-corrected chi connectivity index (χ0v) is 17.6. The van der Waals surface area contributed by atoms with E-state index in [9.17, 15) is 10.1 Å². The van der Waals surface area contributed by atoms with Gasteiger partial charge in [-0.25, -0.2) is 0 Å². The lowest BCUT2D eigenvalue weighted by molar-refractivity contribution is -0.117. The maximum absolute atomic E-state index is 12.0. The molecule has 0 unspecified atom stereocenters. The predicted molar refractivity (Wildman–Crippen MR) is 109 cm³/mol. The van der Waals surface area contributed by atoms with Crippen LogP contribution in [-0.4, -0.2) is 11.9 Å². The first-order valence-electron chi connectivity index (χ1n) is 7.99. The highest BCUT2D eigenvalue weighted by atomic mass is 79.9. The molecule has 0 bridgehead atoms. The van der Waals surface area contributed by atoms with Crippen molar-refractivity contribution in [3.63, 3.8) is 0 Å². The van der Waals surface area contributed by atoms with Crippen LogP contribution in [0.25, 0.3) is 6.08 Å². The van der Waals surface area contributed by atoms with Crippen LogP contribution in [0.1, 0.15) is 25.0 Å². The van der Waals surface area contributed by atoms with Gasteiger partial charge in [-0.05, 0) is 75.0 Å². The second-order valence-electron chi connectivity index (χ2n) is 5.89. The SMILES string of the molecule is CC(C)NC(=O)/C(C#N)=C\c1cc(Br)c(OCc2ccccc2)c(Br)c1. The van der Waals surface area contributed by atoms with Crippen molar-refractivity contribution in [2.75, 3.05) is 0 Å². The molecule has 4 nitrogen and oxygen atoms in total. The number of halogens is 2. The van der Waals surface area contributed by atoms with E-state index in [-0.39, 0.29) is 17.5 Å². The van der Waals surface area contributed by atoms with E-state index >= 15 is 0 Å². The molecule has 2 aromatic rings. The van der Waals surface area contributed by atoms with Crippen LogP contribution in [0.15, 0.2) is 57.0 Å². The fraction of sp³-hybridized carbons (Fsp3) is 0.200. The summed E-state index contributed by atoms with van der Waals surface area (Å²) in [5.41, 5.74) is 1.83. The van der Waals surface area contributed by atoms with Crippen LogP contribution in [0.5, 0.6) is 5.75 Å². The van der Waals surface area contributed by atoms with Gasteiger partial charge in [0.1, 0.15) is 24.0 Å². The maximum Gasteiger partial charge on any atom is 0.262 e. The van der Waals surface area contributed by atoms with Crippen LogP contribution in [-0.2, 0) is 11.4 Å². The molecule has 134 valence electrons. The number of benzene rings is 2. The Morgan fingerprint density at radius 2 is 1.85 bits per heavy atom. The maximum atomic E-state index is 12.0. The Balaban J connectivity index is 2.21. The number of rotatable bonds is 6. The molecule has 26 heavy (non-hydrogen) atoms. The van der Waals surface area contributed by atoms with Crippen LogP contribution in [0.4, 0.5) is 0 Å². The number of amides is 1. The van der Waals surface area contributed by atoms with Crippen molar-refractivity contribution in [3.8, 4) is 11.8 Å². The van der Waals surface area contributed by atoms with E-state index in [1.54, 1.807) is 6.08 Å². The topological polar surface area (TPSA) is 62.1 Å². The third kappa shape index (κ3) is 5.72. The smallest absolute Gasteiger partial charge is 0.262 e. The van der Waals surface area contributed by atoms with E-state index in [1.807, 2.05) is 62.4 Å². The Bertz CT molecular complexity index is 833. The van der Waals surface area contributed by atoms with Crippen molar-refractivity contribution in [1.29, 1.82) is 5.26 Å². The van der Waals surface area contributed by atoms with Crippen LogP contribution >= 0.6 is 31.9 Å². The fourth-order valence-corrected chi connectivity index (χ4v) is 3.64. The number of nitrogens with one attached hydrogen (secondary N) is 1. The Morgan fingerprint density at radius 3 is 2.38 bits per heavy atom. The fourth-order valence-electron chi connectivity index (χ4n) is 2.19. The van der Waals surface area contributed by atoms with Gasteiger partial charge in [0, 0.05) is 6.04 Å². The summed E-state index contributed by atoms with van der Waals surface area (Å²) in [6, 6.07) is 15.4. The average Bonchev–Trinajstić information content (AvgIpc) is 2.59. The van der Waals surface area contributed by atoms with Gasteiger partial charge in [-0.2, -0.15) is 5.26 Å². The molecule has 0 aliphatic carbocycles. The third-order valence-electron chi connectivity index (χ3n) is 3.34. The monoisotopic (exact) mass is 476 g/mol. The molecule has 0 spiro atoms. The van der Waals surface area contributed by atoms with E-state index in [1.165, 1.54) is 0 Å². The minimum absolute atomic E-state index is 0.0357. The highest BCUT2D eigenvalue weighted by molar-refractivity contribution is 9.11. The first-order chi connectivity index (χ1) is 12.4. The van der Waals surface area contributed by atoms with Gasteiger partial charge in [0.15, 0.2) is 0 Å². The normalized spacial score (nSPS) is 11.2. The van der Waals surface area contributed by atoms with Gasteiger partial charge in [-0.1, -0.05) is 30.3 Å². The lowest BCUT2D eigenvalue weighted by Gasteiger charge is -2.12. The summed E-state index contributed by atoms with van der Waals surface area (Å²) in [6.07, 6.45) is 1.55. The van der Waals surface area contributed by atoms with Crippen LogP contribution in [0.2, 0.25) is 0 Å². The molecule has 0 fully saturated rings. The second kappa shape index (κ2) is 9.56. The molecule has 0 aliphatic heterocycles. The second-order valence-corrected chi connectivity index (χ2v) is 7.59. The lowest BCUT2D eigenvalue weighted by atomic mass is 10.1. The number of hydrogen-bond acceptors (Lipinski definition) is 3. The number of ether oxygens (including phenoxy) is 1. The van der Waals surface area contributed by atoms with Crippen molar-refractivity contribution < 1.29 is 9.53 Å². The lowest BCUT2D eigenvalue weighted by Crippen LogP contribution is -2.30. The van der Waals surface area contributed by atoms with Gasteiger partial charge in [0.2, 0.25) is 0 Å². The molecule has 6 heteroatoms. The number of nitrogens with zero attached hydrogens (tertiary/aromatic N) is 1. The molecule has 1 amide bonds. The van der Waals surface area contributed by atoms with E-state index in [0.717, 1.165) is 14.5 Å². The molecule has 0 aliphatic rings. The van der Waals surface area contributed by atoms with E-state index in [2.05, 4.69) is 37.2 Å². The quantitative estimate of drug-likeness (QED) is 0.458. The van der Waals surface area contributed by atoms with Gasteiger partial charge < -0.3 is 10.1 Å². The molecule has 0 saturated heterocycles. The summed E-state index contributed by atoms with van der Waals surface area (Å²) in [7, 11) is 0. The molecule has 0 heterocycles. The van der Waals surface area contributed by atoms with Crippen molar-refractivity contribution in [2.45, 2.75) is 26.5 Å². The van der Waals surface area contributed by atoms with E-state index < -0.39 is 0 Å². The van der Waals surface area contributed by atoms with Crippen LogP contribution in [0.3, 0.4) is 0 Å². The number of carbonyl (C=O) groups is 1. The van der Waals surface area contributed by atoms with E-state index in [4.69, 9.17) is 4.74 Å². The number of nitriles is 1. The van der Waals surface area contributed by atoms with Crippen molar-refractivity contribution in [1.82, 2.24) is 5.32 Å². The first-order valence-corrected chi connectivity index (χ1v) is 9.57. The van der Waals surface area contributed by atoms with Crippen molar-refractivity contribution >= 4 is 43.8 Å². The van der Waals surface area contributed by atoms with E-state index in [0.29, 0.717) is 17.9 Å². The minimum atomic E-state index is -0.390. The van der Waals surface area contributed by atoms with Crippen LogP contribution < -0.4 is 10.1 Å². The molecule has 1 N–H and O–H groups in total. The Labute approximate surface area is 170 Å². The highest BCUT2D eigenvalue weighted by Gasteiger charge is 2.13. The Hall–Kier alpha value is -2.10.